The molecule has 0 aromatic heterocycles. The molecule has 0 amide bonds. The summed E-state index contributed by atoms with van der Waals surface area (Å²) in [6.07, 6.45) is 16.1. The number of hydrogen-bond acceptors (Lipinski definition) is 1. The smallest absolute Gasteiger partial charge is 0.159 e. The van der Waals surface area contributed by atoms with Crippen LogP contribution in [0.4, 0.5) is 0 Å². The average Bonchev–Trinajstić information content (AvgIpc) is 2.50. The fourth-order valence-electron chi connectivity index (χ4n) is 2.44. The lowest BCUT2D eigenvalue weighted by Gasteiger charge is -2.14. The molecule has 0 bridgehead atoms. The van der Waals surface area contributed by atoms with E-state index in [1.807, 2.05) is 19.2 Å². The second-order valence-electron chi connectivity index (χ2n) is 5.20. The zero-order valence-corrected chi connectivity index (χ0v) is 13.4. The van der Waals surface area contributed by atoms with Gasteiger partial charge in [0.15, 0.2) is 5.84 Å². The van der Waals surface area contributed by atoms with Gasteiger partial charge in [0, 0.05) is 17.5 Å². The highest BCUT2D eigenvalue weighted by atomic mass is 14.9. The Bertz CT molecular complexity index is 436. The fourth-order valence-corrected chi connectivity index (χ4v) is 2.44. The van der Waals surface area contributed by atoms with Crippen LogP contribution in [-0.4, -0.2) is 12.1 Å². The maximum Gasteiger partial charge on any atom is 0.159 e. The van der Waals surface area contributed by atoms with Gasteiger partial charge in [-0.15, -0.1) is 0 Å². The summed E-state index contributed by atoms with van der Waals surface area (Å²) < 4.78 is 0. The number of allylic oxidation sites excluding steroid dienone is 4. The van der Waals surface area contributed by atoms with E-state index in [0.29, 0.717) is 0 Å². The number of dihydropyridines is 1. The molecule has 0 aliphatic carbocycles. The van der Waals surface area contributed by atoms with Crippen LogP contribution in [0, 0.1) is 5.92 Å². The van der Waals surface area contributed by atoms with E-state index >= 15 is 0 Å². The maximum absolute atomic E-state index is 4.73. The van der Waals surface area contributed by atoms with Crippen LogP contribution in [0.2, 0.25) is 0 Å². The summed E-state index contributed by atoms with van der Waals surface area (Å²) in [5.41, 5.74) is 2.26. The summed E-state index contributed by atoms with van der Waals surface area (Å²) in [6, 6.07) is 0. The van der Waals surface area contributed by atoms with Crippen LogP contribution < -0.4 is 0 Å². The van der Waals surface area contributed by atoms with Crippen molar-refractivity contribution in [3.8, 4) is 0 Å². The lowest BCUT2D eigenvalue weighted by Crippen LogP contribution is -2.03. The second kappa shape index (κ2) is 9.46. The zero-order valence-electron chi connectivity index (χ0n) is 13.4. The predicted molar refractivity (Wildman–Crippen MR) is 90.5 cm³/mol. The number of aliphatic imine (C=N–C) groups is 2. The molecule has 1 rings (SSSR count). The van der Waals surface area contributed by atoms with Gasteiger partial charge in [-0.25, -0.2) is 9.98 Å². The minimum atomic E-state index is 0.825. The van der Waals surface area contributed by atoms with E-state index in [2.05, 4.69) is 44.0 Å². The lowest BCUT2D eigenvalue weighted by molar-refractivity contribution is 0.431. The third-order valence-electron chi connectivity index (χ3n) is 3.79. The monoisotopic (exact) mass is 272 g/mol. The Morgan fingerprint density at radius 2 is 2.10 bits per heavy atom. The molecular weight excluding hydrogens is 244 g/mol. The summed E-state index contributed by atoms with van der Waals surface area (Å²) in [7, 11) is 0. The first-order valence-electron chi connectivity index (χ1n) is 7.86. The van der Waals surface area contributed by atoms with Crippen molar-refractivity contribution in [2.24, 2.45) is 15.9 Å². The van der Waals surface area contributed by atoms with E-state index in [-0.39, 0.29) is 0 Å². The Balaban J connectivity index is 2.68. The van der Waals surface area contributed by atoms with Gasteiger partial charge in [-0.05, 0) is 44.8 Å². The number of rotatable bonds is 7. The fraction of sp³-hybridized carbons (Fsp3) is 0.556. The Morgan fingerprint density at radius 1 is 1.30 bits per heavy atom. The SMILES string of the molecule is C\C=C(CCC(CC)CCC)/N=C1\N=CC=C\C1=C\C. The zero-order chi connectivity index (χ0) is 14.8. The van der Waals surface area contributed by atoms with Crippen molar-refractivity contribution in [1.29, 1.82) is 0 Å². The van der Waals surface area contributed by atoms with Crippen molar-refractivity contribution < 1.29 is 0 Å². The molecule has 1 heterocycles. The quantitative estimate of drug-likeness (QED) is 0.586. The van der Waals surface area contributed by atoms with E-state index in [0.717, 1.165) is 29.4 Å². The van der Waals surface area contributed by atoms with Gasteiger partial charge >= 0.3 is 0 Å². The second-order valence-corrected chi connectivity index (χ2v) is 5.20. The van der Waals surface area contributed by atoms with Crippen LogP contribution >= 0.6 is 0 Å². The Labute approximate surface area is 124 Å². The molecule has 20 heavy (non-hydrogen) atoms. The van der Waals surface area contributed by atoms with Crippen LogP contribution in [0.25, 0.3) is 0 Å². The van der Waals surface area contributed by atoms with E-state index < -0.39 is 0 Å². The molecule has 1 aliphatic heterocycles. The Morgan fingerprint density at radius 3 is 2.70 bits per heavy atom. The first-order chi connectivity index (χ1) is 9.74. The summed E-state index contributed by atoms with van der Waals surface area (Å²) in [6.45, 7) is 8.65. The molecule has 0 spiro atoms. The van der Waals surface area contributed by atoms with Gasteiger partial charge in [0.1, 0.15) is 0 Å². The lowest BCUT2D eigenvalue weighted by atomic mass is 9.94. The molecule has 110 valence electrons. The van der Waals surface area contributed by atoms with Crippen LogP contribution in [0.15, 0.2) is 45.6 Å². The van der Waals surface area contributed by atoms with Gasteiger partial charge in [0.05, 0.1) is 0 Å². The van der Waals surface area contributed by atoms with Gasteiger partial charge in [-0.1, -0.05) is 45.3 Å². The summed E-state index contributed by atoms with van der Waals surface area (Å²) >= 11 is 0. The van der Waals surface area contributed by atoms with E-state index in [1.165, 1.54) is 25.7 Å². The standard InChI is InChI=1S/C18H28N2/c1-5-10-15(6-2)12-13-17(8-4)20-18-16(7-3)11-9-14-19-18/h7-9,11,14-15H,5-6,10,12-13H2,1-4H3/b16-7-,17-8-,20-18-. The predicted octanol–water partition coefficient (Wildman–Crippen LogP) is 5.48. The summed E-state index contributed by atoms with van der Waals surface area (Å²) in [5, 5.41) is 0. The molecule has 1 unspecified atom stereocenters. The molecule has 2 nitrogen and oxygen atoms in total. The van der Waals surface area contributed by atoms with E-state index in [1.54, 1.807) is 0 Å². The normalized spacial score (nSPS) is 20.9. The van der Waals surface area contributed by atoms with Crippen LogP contribution in [-0.2, 0) is 0 Å². The molecule has 0 fully saturated rings. The summed E-state index contributed by atoms with van der Waals surface area (Å²) in [5.74, 6) is 1.66. The van der Waals surface area contributed by atoms with Crippen molar-refractivity contribution in [3.63, 3.8) is 0 Å². The topological polar surface area (TPSA) is 24.7 Å². The Kier molecular flexibility index (Phi) is 7.86. The maximum atomic E-state index is 4.73. The molecule has 2 heteroatoms. The van der Waals surface area contributed by atoms with Crippen LogP contribution in [0.1, 0.15) is 59.8 Å². The molecule has 0 radical (unpaired) electrons. The first-order valence-corrected chi connectivity index (χ1v) is 7.86. The summed E-state index contributed by atoms with van der Waals surface area (Å²) in [4.78, 5) is 9.12. The molecule has 0 N–H and O–H groups in total. The van der Waals surface area contributed by atoms with Gasteiger partial charge in [-0.2, -0.15) is 0 Å². The molecule has 0 saturated carbocycles. The van der Waals surface area contributed by atoms with Gasteiger partial charge in [0.25, 0.3) is 0 Å². The third kappa shape index (κ3) is 5.28. The van der Waals surface area contributed by atoms with Crippen molar-refractivity contribution in [2.75, 3.05) is 0 Å². The minimum Gasteiger partial charge on any atom is -0.237 e. The van der Waals surface area contributed by atoms with Crippen LogP contribution in [0.3, 0.4) is 0 Å². The van der Waals surface area contributed by atoms with Crippen LogP contribution in [0.5, 0.6) is 0 Å². The van der Waals surface area contributed by atoms with Crippen molar-refractivity contribution in [1.82, 2.24) is 0 Å². The molecule has 0 saturated heterocycles. The minimum absolute atomic E-state index is 0.825. The largest absolute Gasteiger partial charge is 0.237 e. The molecule has 0 aromatic rings. The molecule has 1 atom stereocenters. The Hall–Kier alpha value is -1.44. The van der Waals surface area contributed by atoms with Gasteiger partial charge in [-0.3, -0.25) is 0 Å². The number of hydrogen-bond donors (Lipinski definition) is 0. The molecular formula is C18H28N2. The number of amidine groups is 1. The number of nitrogens with zero attached hydrogens (tertiary/aromatic N) is 2. The van der Waals surface area contributed by atoms with Gasteiger partial charge in [0.2, 0.25) is 0 Å². The third-order valence-corrected chi connectivity index (χ3v) is 3.79. The highest BCUT2D eigenvalue weighted by Gasteiger charge is 2.09. The highest BCUT2D eigenvalue weighted by Crippen LogP contribution is 2.21. The van der Waals surface area contributed by atoms with Crippen molar-refractivity contribution in [2.45, 2.75) is 59.8 Å². The van der Waals surface area contributed by atoms with Crippen molar-refractivity contribution >= 4 is 12.1 Å². The molecule has 1 aliphatic rings. The first kappa shape index (κ1) is 16.6. The van der Waals surface area contributed by atoms with Crippen molar-refractivity contribution in [3.05, 3.63) is 35.6 Å². The molecule has 0 aromatic carbocycles. The van der Waals surface area contributed by atoms with E-state index in [4.69, 9.17) is 4.99 Å². The van der Waals surface area contributed by atoms with Gasteiger partial charge < -0.3 is 0 Å². The van der Waals surface area contributed by atoms with E-state index in [9.17, 15) is 0 Å². The highest BCUT2D eigenvalue weighted by molar-refractivity contribution is 6.09. The average molecular weight is 272 g/mol.